The largest absolute Gasteiger partial charge is 0.479 e. The Labute approximate surface area is 109 Å². The number of rotatable bonds is 4. The first-order valence-corrected chi connectivity index (χ1v) is 5.81. The SMILES string of the molecule is O=Cc1ccc(OCC(=O)N2CCOCC2)c(F)n1. The number of aldehydes is 1. The molecule has 1 aromatic rings. The molecule has 1 aliphatic heterocycles. The molecule has 0 unspecified atom stereocenters. The Morgan fingerprint density at radius 1 is 1.47 bits per heavy atom. The highest BCUT2D eigenvalue weighted by molar-refractivity contribution is 5.78. The van der Waals surface area contributed by atoms with Crippen molar-refractivity contribution >= 4 is 12.2 Å². The summed E-state index contributed by atoms with van der Waals surface area (Å²) in [5.41, 5.74) is -0.0237. The first-order valence-electron chi connectivity index (χ1n) is 5.81. The van der Waals surface area contributed by atoms with Crippen LogP contribution >= 0.6 is 0 Å². The minimum Gasteiger partial charge on any atom is -0.479 e. The van der Waals surface area contributed by atoms with E-state index in [4.69, 9.17) is 9.47 Å². The van der Waals surface area contributed by atoms with Crippen LogP contribution in [0.25, 0.3) is 0 Å². The summed E-state index contributed by atoms with van der Waals surface area (Å²) in [7, 11) is 0. The quantitative estimate of drug-likeness (QED) is 0.579. The maximum atomic E-state index is 13.4. The predicted octanol–water partition coefficient (Wildman–Crippen LogP) is 0.271. The van der Waals surface area contributed by atoms with Gasteiger partial charge >= 0.3 is 0 Å². The molecule has 0 bridgehead atoms. The third-order valence-electron chi connectivity index (χ3n) is 2.67. The van der Waals surface area contributed by atoms with Gasteiger partial charge in [-0.05, 0) is 12.1 Å². The van der Waals surface area contributed by atoms with Gasteiger partial charge in [0.1, 0.15) is 5.69 Å². The maximum Gasteiger partial charge on any atom is 0.260 e. The van der Waals surface area contributed by atoms with Crippen molar-refractivity contribution in [2.45, 2.75) is 0 Å². The van der Waals surface area contributed by atoms with Gasteiger partial charge in [-0.1, -0.05) is 0 Å². The normalized spacial score (nSPS) is 15.1. The predicted molar refractivity (Wildman–Crippen MR) is 62.5 cm³/mol. The second kappa shape index (κ2) is 6.24. The fourth-order valence-electron chi connectivity index (χ4n) is 1.65. The monoisotopic (exact) mass is 268 g/mol. The van der Waals surface area contributed by atoms with Crippen molar-refractivity contribution in [3.8, 4) is 5.75 Å². The van der Waals surface area contributed by atoms with E-state index in [9.17, 15) is 14.0 Å². The zero-order valence-corrected chi connectivity index (χ0v) is 10.2. The van der Waals surface area contributed by atoms with Crippen LogP contribution in [0.3, 0.4) is 0 Å². The van der Waals surface area contributed by atoms with Crippen LogP contribution in [0, 0.1) is 5.95 Å². The molecule has 0 aliphatic carbocycles. The van der Waals surface area contributed by atoms with Gasteiger partial charge in [-0.15, -0.1) is 0 Å². The highest BCUT2D eigenvalue weighted by Crippen LogP contribution is 2.14. The molecule has 0 radical (unpaired) electrons. The average molecular weight is 268 g/mol. The first-order chi connectivity index (χ1) is 9.20. The number of hydrogen-bond donors (Lipinski definition) is 0. The van der Waals surface area contributed by atoms with Crippen LogP contribution in [-0.2, 0) is 9.53 Å². The molecule has 1 aliphatic rings. The second-order valence-corrected chi connectivity index (χ2v) is 3.92. The van der Waals surface area contributed by atoms with E-state index in [1.807, 2.05) is 0 Å². The molecule has 0 aromatic carbocycles. The van der Waals surface area contributed by atoms with Crippen molar-refractivity contribution < 1.29 is 23.5 Å². The molecule has 1 aromatic heterocycles. The Hall–Kier alpha value is -2.02. The Kier molecular flexibility index (Phi) is 4.40. The van der Waals surface area contributed by atoms with Gasteiger partial charge in [0.25, 0.3) is 11.9 Å². The van der Waals surface area contributed by atoms with E-state index in [-0.39, 0.29) is 24.0 Å². The summed E-state index contributed by atoms with van der Waals surface area (Å²) in [6, 6.07) is 2.60. The number of carbonyl (C=O) groups is 2. The van der Waals surface area contributed by atoms with E-state index >= 15 is 0 Å². The minimum absolute atomic E-state index is 0.0237. The molecule has 2 heterocycles. The van der Waals surface area contributed by atoms with Gasteiger partial charge in [-0.2, -0.15) is 4.39 Å². The average Bonchev–Trinajstić information content (AvgIpc) is 2.46. The number of nitrogens with zero attached hydrogens (tertiary/aromatic N) is 2. The molecule has 6 nitrogen and oxygen atoms in total. The molecule has 19 heavy (non-hydrogen) atoms. The lowest BCUT2D eigenvalue weighted by Crippen LogP contribution is -2.43. The summed E-state index contributed by atoms with van der Waals surface area (Å²) in [4.78, 5) is 27.1. The highest BCUT2D eigenvalue weighted by atomic mass is 19.1. The van der Waals surface area contributed by atoms with Gasteiger partial charge in [0.05, 0.1) is 13.2 Å². The van der Waals surface area contributed by atoms with Crippen LogP contribution in [-0.4, -0.2) is 55.0 Å². The van der Waals surface area contributed by atoms with Crippen LogP contribution in [0.1, 0.15) is 10.5 Å². The van der Waals surface area contributed by atoms with Crippen molar-refractivity contribution in [3.63, 3.8) is 0 Å². The van der Waals surface area contributed by atoms with Crippen molar-refractivity contribution in [3.05, 3.63) is 23.8 Å². The van der Waals surface area contributed by atoms with Gasteiger partial charge < -0.3 is 14.4 Å². The van der Waals surface area contributed by atoms with Crippen molar-refractivity contribution in [2.75, 3.05) is 32.9 Å². The number of morpholine rings is 1. The Morgan fingerprint density at radius 2 is 2.21 bits per heavy atom. The molecule has 102 valence electrons. The second-order valence-electron chi connectivity index (χ2n) is 3.92. The molecule has 7 heteroatoms. The van der Waals surface area contributed by atoms with Gasteiger partial charge in [-0.3, -0.25) is 9.59 Å². The molecule has 1 fully saturated rings. The molecule has 0 saturated carbocycles. The molecule has 0 atom stereocenters. The zero-order valence-electron chi connectivity index (χ0n) is 10.2. The van der Waals surface area contributed by atoms with Gasteiger partial charge in [0, 0.05) is 13.1 Å². The molecule has 0 N–H and O–H groups in total. The summed E-state index contributed by atoms with van der Waals surface area (Å²) >= 11 is 0. The van der Waals surface area contributed by atoms with Gasteiger partial charge in [-0.25, -0.2) is 4.98 Å². The van der Waals surface area contributed by atoms with E-state index in [1.54, 1.807) is 4.90 Å². The molecule has 1 saturated heterocycles. The fraction of sp³-hybridized carbons (Fsp3) is 0.417. The number of hydrogen-bond acceptors (Lipinski definition) is 5. The summed E-state index contributed by atoms with van der Waals surface area (Å²) in [5.74, 6) is -1.28. The van der Waals surface area contributed by atoms with E-state index < -0.39 is 5.95 Å². The van der Waals surface area contributed by atoms with Crippen molar-refractivity contribution in [2.24, 2.45) is 0 Å². The third-order valence-corrected chi connectivity index (χ3v) is 2.67. The lowest BCUT2D eigenvalue weighted by Gasteiger charge is -2.26. The van der Waals surface area contributed by atoms with Crippen LogP contribution in [0.4, 0.5) is 4.39 Å². The van der Waals surface area contributed by atoms with Crippen molar-refractivity contribution in [1.82, 2.24) is 9.88 Å². The topological polar surface area (TPSA) is 68.7 Å². The van der Waals surface area contributed by atoms with E-state index in [2.05, 4.69) is 4.98 Å². The summed E-state index contributed by atoms with van der Waals surface area (Å²) < 4.78 is 23.6. The van der Waals surface area contributed by atoms with Crippen LogP contribution < -0.4 is 4.74 Å². The molecule has 1 amide bonds. The molecule has 0 spiro atoms. The Balaban J connectivity index is 1.91. The minimum atomic E-state index is -0.903. The number of ether oxygens (including phenoxy) is 2. The number of amides is 1. The smallest absolute Gasteiger partial charge is 0.260 e. The number of halogens is 1. The first kappa shape index (κ1) is 13.4. The summed E-state index contributed by atoms with van der Waals surface area (Å²) in [5, 5.41) is 0. The van der Waals surface area contributed by atoms with E-state index in [0.29, 0.717) is 32.6 Å². The van der Waals surface area contributed by atoms with Crippen LogP contribution in [0.15, 0.2) is 12.1 Å². The molecular weight excluding hydrogens is 255 g/mol. The maximum absolute atomic E-state index is 13.4. The number of carbonyl (C=O) groups excluding carboxylic acids is 2. The Bertz CT molecular complexity index is 475. The van der Waals surface area contributed by atoms with Crippen LogP contribution in [0.2, 0.25) is 0 Å². The van der Waals surface area contributed by atoms with E-state index in [0.717, 1.165) is 0 Å². The highest BCUT2D eigenvalue weighted by Gasteiger charge is 2.18. The fourth-order valence-corrected chi connectivity index (χ4v) is 1.65. The number of pyridine rings is 1. The third kappa shape index (κ3) is 3.47. The van der Waals surface area contributed by atoms with Crippen molar-refractivity contribution in [1.29, 1.82) is 0 Å². The Morgan fingerprint density at radius 3 is 2.84 bits per heavy atom. The summed E-state index contributed by atoms with van der Waals surface area (Å²) in [6.45, 7) is 1.74. The van der Waals surface area contributed by atoms with E-state index in [1.165, 1.54) is 12.1 Å². The van der Waals surface area contributed by atoms with Gasteiger partial charge in [0.15, 0.2) is 18.6 Å². The lowest BCUT2D eigenvalue weighted by molar-refractivity contribution is -0.137. The molecule has 2 rings (SSSR count). The van der Waals surface area contributed by atoms with Crippen LogP contribution in [0.5, 0.6) is 5.75 Å². The lowest BCUT2D eigenvalue weighted by atomic mass is 10.3. The molecular formula is C12H13FN2O4. The number of aromatic nitrogens is 1. The zero-order chi connectivity index (χ0) is 13.7. The standard InChI is InChI=1S/C12H13FN2O4/c13-12-10(2-1-9(7-16)14-12)19-8-11(17)15-3-5-18-6-4-15/h1-2,7H,3-6,8H2. The van der Waals surface area contributed by atoms with Gasteiger partial charge in [0.2, 0.25) is 0 Å². The summed E-state index contributed by atoms with van der Waals surface area (Å²) in [6.07, 6.45) is 0.436.